The average Bonchev–Trinajstić information content (AvgIpc) is 2.95. The zero-order valence-corrected chi connectivity index (χ0v) is 12.1. The molecular weight excluding hydrogens is 258 g/mol. The topological polar surface area (TPSA) is 57.1 Å². The van der Waals surface area contributed by atoms with Crippen LogP contribution < -0.4 is 14.2 Å². The van der Waals surface area contributed by atoms with E-state index in [-0.39, 0.29) is 0 Å². The highest BCUT2D eigenvalue weighted by Crippen LogP contribution is 2.49. The maximum Gasteiger partial charge on any atom is 0.235 e. The number of isocyanates is 1. The molecule has 0 aromatic heterocycles. The first-order valence-electron chi connectivity index (χ1n) is 6.60. The number of aliphatic imine (C=N–C) groups is 1. The lowest BCUT2D eigenvalue weighted by atomic mass is 9.87. The fourth-order valence-corrected chi connectivity index (χ4v) is 2.89. The second-order valence-electron chi connectivity index (χ2n) is 4.85. The van der Waals surface area contributed by atoms with Crippen molar-refractivity contribution in [2.75, 3.05) is 21.3 Å². The van der Waals surface area contributed by atoms with Gasteiger partial charge in [0.25, 0.3) is 0 Å². The molecule has 0 atom stereocenters. The van der Waals surface area contributed by atoms with Gasteiger partial charge in [0, 0.05) is 11.6 Å². The number of methoxy groups -OCH3 is 3. The van der Waals surface area contributed by atoms with Crippen molar-refractivity contribution in [1.29, 1.82) is 0 Å². The fraction of sp³-hybridized carbons (Fsp3) is 0.533. The van der Waals surface area contributed by atoms with Gasteiger partial charge in [0.15, 0.2) is 11.5 Å². The van der Waals surface area contributed by atoms with Crippen LogP contribution in [0.5, 0.6) is 17.2 Å². The lowest BCUT2D eigenvalue weighted by molar-refractivity contribution is 0.331. The van der Waals surface area contributed by atoms with Crippen LogP contribution in [0.1, 0.15) is 31.2 Å². The molecule has 1 aliphatic rings. The Labute approximate surface area is 118 Å². The predicted molar refractivity (Wildman–Crippen MR) is 74.4 cm³/mol. The number of nitrogens with zero attached hydrogens (tertiary/aromatic N) is 1. The van der Waals surface area contributed by atoms with Gasteiger partial charge in [-0.1, -0.05) is 12.8 Å². The molecule has 0 radical (unpaired) electrons. The molecule has 1 saturated carbocycles. The van der Waals surface area contributed by atoms with Gasteiger partial charge >= 0.3 is 0 Å². The van der Waals surface area contributed by atoms with Crippen molar-refractivity contribution in [3.8, 4) is 17.2 Å². The highest BCUT2D eigenvalue weighted by molar-refractivity contribution is 5.56. The Kier molecular flexibility index (Phi) is 4.30. The summed E-state index contributed by atoms with van der Waals surface area (Å²) in [4.78, 5) is 14.9. The lowest BCUT2D eigenvalue weighted by Crippen LogP contribution is -2.20. The molecule has 0 amide bonds. The summed E-state index contributed by atoms with van der Waals surface area (Å²) >= 11 is 0. The molecular formula is C15H19NO4. The summed E-state index contributed by atoms with van der Waals surface area (Å²) in [6, 6.07) is 3.63. The maximum atomic E-state index is 10.9. The Bertz CT molecular complexity index is 529. The zero-order chi connectivity index (χ0) is 14.6. The standard InChI is InChI=1S/C15H19NO4/c1-18-11-8-12(14(20-3)13(9-11)19-2)15(16-10-17)6-4-5-7-15/h8-9H,4-7H2,1-3H3. The van der Waals surface area contributed by atoms with E-state index in [1.807, 2.05) is 6.07 Å². The van der Waals surface area contributed by atoms with Crippen molar-refractivity contribution in [2.45, 2.75) is 31.2 Å². The van der Waals surface area contributed by atoms with E-state index >= 15 is 0 Å². The largest absolute Gasteiger partial charge is 0.497 e. The average molecular weight is 277 g/mol. The normalized spacial score (nSPS) is 16.4. The van der Waals surface area contributed by atoms with Crippen LogP contribution in [-0.2, 0) is 10.3 Å². The van der Waals surface area contributed by atoms with Gasteiger partial charge in [-0.3, -0.25) is 0 Å². The number of hydrogen-bond acceptors (Lipinski definition) is 5. The van der Waals surface area contributed by atoms with Crippen molar-refractivity contribution < 1.29 is 19.0 Å². The van der Waals surface area contributed by atoms with Crippen molar-refractivity contribution in [1.82, 2.24) is 0 Å². The summed E-state index contributed by atoms with van der Waals surface area (Å²) in [6.07, 6.45) is 5.36. The van der Waals surface area contributed by atoms with Crippen molar-refractivity contribution in [3.63, 3.8) is 0 Å². The van der Waals surface area contributed by atoms with Crippen LogP contribution in [0.25, 0.3) is 0 Å². The molecule has 0 heterocycles. The first kappa shape index (κ1) is 14.4. The Morgan fingerprint density at radius 3 is 2.30 bits per heavy atom. The fourth-order valence-electron chi connectivity index (χ4n) is 2.89. The van der Waals surface area contributed by atoms with Crippen molar-refractivity contribution in [2.24, 2.45) is 4.99 Å². The highest BCUT2D eigenvalue weighted by atomic mass is 16.5. The van der Waals surface area contributed by atoms with E-state index in [1.165, 1.54) is 0 Å². The number of rotatable bonds is 5. The number of hydrogen-bond donors (Lipinski definition) is 0. The first-order valence-corrected chi connectivity index (χ1v) is 6.60. The maximum absolute atomic E-state index is 10.9. The van der Waals surface area contributed by atoms with Gasteiger partial charge in [-0.2, -0.15) is 4.99 Å². The molecule has 5 nitrogen and oxygen atoms in total. The van der Waals surface area contributed by atoms with Gasteiger partial charge in [-0.05, 0) is 18.9 Å². The Morgan fingerprint density at radius 2 is 1.80 bits per heavy atom. The van der Waals surface area contributed by atoms with E-state index in [0.29, 0.717) is 17.2 Å². The summed E-state index contributed by atoms with van der Waals surface area (Å²) < 4.78 is 16.1. The van der Waals surface area contributed by atoms with Crippen LogP contribution in [0.3, 0.4) is 0 Å². The van der Waals surface area contributed by atoms with Crippen LogP contribution >= 0.6 is 0 Å². The molecule has 0 aliphatic heterocycles. The van der Waals surface area contributed by atoms with Crippen LogP contribution in [-0.4, -0.2) is 27.4 Å². The highest BCUT2D eigenvalue weighted by Gasteiger charge is 2.39. The zero-order valence-electron chi connectivity index (χ0n) is 12.1. The SMILES string of the molecule is COc1cc(OC)c(OC)c(C2(N=C=O)CCCC2)c1. The second-order valence-corrected chi connectivity index (χ2v) is 4.85. The molecule has 5 heteroatoms. The van der Waals surface area contributed by atoms with Gasteiger partial charge < -0.3 is 14.2 Å². The Morgan fingerprint density at radius 1 is 1.10 bits per heavy atom. The van der Waals surface area contributed by atoms with E-state index < -0.39 is 5.54 Å². The van der Waals surface area contributed by atoms with E-state index in [2.05, 4.69) is 4.99 Å². The molecule has 0 N–H and O–H groups in total. The van der Waals surface area contributed by atoms with Gasteiger partial charge in [0.1, 0.15) is 11.3 Å². The summed E-state index contributed by atoms with van der Waals surface area (Å²) in [5.41, 5.74) is 0.256. The smallest absolute Gasteiger partial charge is 0.235 e. The monoisotopic (exact) mass is 277 g/mol. The lowest BCUT2D eigenvalue weighted by Gasteiger charge is -2.26. The molecule has 1 fully saturated rings. The summed E-state index contributed by atoms with van der Waals surface area (Å²) in [5.74, 6) is 1.84. The number of benzene rings is 1. The molecule has 0 bridgehead atoms. The molecule has 1 aromatic rings. The van der Waals surface area contributed by atoms with Crippen LogP contribution in [0, 0.1) is 0 Å². The minimum atomic E-state index is -0.574. The van der Waals surface area contributed by atoms with Crippen molar-refractivity contribution >= 4 is 6.08 Å². The molecule has 1 aliphatic carbocycles. The Balaban J connectivity index is 2.66. The Hall–Kier alpha value is -2.00. The van der Waals surface area contributed by atoms with Gasteiger partial charge in [-0.25, -0.2) is 4.79 Å². The number of ether oxygens (including phenoxy) is 3. The summed E-state index contributed by atoms with van der Waals surface area (Å²) in [6.45, 7) is 0. The third-order valence-corrected chi connectivity index (χ3v) is 3.88. The predicted octanol–water partition coefficient (Wildman–Crippen LogP) is 2.82. The molecule has 108 valence electrons. The molecule has 2 rings (SSSR count). The molecule has 0 spiro atoms. The molecule has 0 saturated heterocycles. The summed E-state index contributed by atoms with van der Waals surface area (Å²) in [7, 11) is 4.75. The van der Waals surface area contributed by atoms with Crippen molar-refractivity contribution in [3.05, 3.63) is 17.7 Å². The van der Waals surface area contributed by atoms with E-state index in [4.69, 9.17) is 14.2 Å². The van der Waals surface area contributed by atoms with Gasteiger partial charge in [0.05, 0.1) is 21.3 Å². The quantitative estimate of drug-likeness (QED) is 0.613. The van der Waals surface area contributed by atoms with Gasteiger partial charge in [-0.15, -0.1) is 0 Å². The minimum absolute atomic E-state index is 0.574. The molecule has 1 aromatic carbocycles. The van der Waals surface area contributed by atoms with Gasteiger partial charge in [0.2, 0.25) is 6.08 Å². The van der Waals surface area contributed by atoms with E-state index in [0.717, 1.165) is 31.2 Å². The third kappa shape index (κ3) is 2.37. The van der Waals surface area contributed by atoms with Crippen LogP contribution in [0.2, 0.25) is 0 Å². The summed E-state index contributed by atoms with van der Waals surface area (Å²) in [5, 5.41) is 0. The third-order valence-electron chi connectivity index (χ3n) is 3.88. The first-order chi connectivity index (χ1) is 9.70. The molecule has 0 unspecified atom stereocenters. The second kappa shape index (κ2) is 5.97. The number of carbonyl (C=O) groups excluding carboxylic acids is 1. The minimum Gasteiger partial charge on any atom is -0.497 e. The van der Waals surface area contributed by atoms with E-state index in [1.54, 1.807) is 33.5 Å². The van der Waals surface area contributed by atoms with E-state index in [9.17, 15) is 4.79 Å². The van der Waals surface area contributed by atoms with Crippen LogP contribution in [0.4, 0.5) is 0 Å². The molecule has 20 heavy (non-hydrogen) atoms. The van der Waals surface area contributed by atoms with Crippen LogP contribution in [0.15, 0.2) is 17.1 Å².